The van der Waals surface area contributed by atoms with E-state index in [1.807, 2.05) is 13.8 Å². The van der Waals surface area contributed by atoms with Gasteiger partial charge in [0.15, 0.2) is 0 Å². The van der Waals surface area contributed by atoms with E-state index in [1.165, 1.54) is 16.9 Å². The molecule has 2 heterocycles. The second-order valence-electron chi connectivity index (χ2n) is 6.30. The Bertz CT molecular complexity index is 1010. The third kappa shape index (κ3) is 4.19. The molecule has 1 aromatic carbocycles. The molecule has 146 valence electrons. The Balaban J connectivity index is 1.77. The van der Waals surface area contributed by atoms with Crippen molar-refractivity contribution < 1.29 is 19.1 Å². The number of benzene rings is 1. The number of halogens is 1. The van der Waals surface area contributed by atoms with Crippen LogP contribution in [-0.4, -0.2) is 46.7 Å². The summed E-state index contributed by atoms with van der Waals surface area (Å²) in [6.07, 6.45) is 1.42. The minimum atomic E-state index is -1.05. The van der Waals surface area contributed by atoms with Gasteiger partial charge in [0.1, 0.15) is 29.6 Å². The second-order valence-corrected chi connectivity index (χ2v) is 6.30. The van der Waals surface area contributed by atoms with Crippen LogP contribution in [0.15, 0.2) is 30.5 Å². The molecular weight excluding hydrogens is 369 g/mol. The van der Waals surface area contributed by atoms with Crippen molar-refractivity contribution in [2.45, 2.75) is 32.9 Å². The number of hydrogen-bond acceptors (Lipinski definition) is 6. The van der Waals surface area contributed by atoms with E-state index in [4.69, 9.17) is 5.11 Å². The van der Waals surface area contributed by atoms with Gasteiger partial charge in [-0.3, -0.25) is 9.59 Å². The number of aliphatic carboxylic acids is 1. The van der Waals surface area contributed by atoms with E-state index in [2.05, 4.69) is 25.7 Å². The average molecular weight is 387 g/mol. The van der Waals surface area contributed by atoms with Gasteiger partial charge in [0.05, 0.1) is 12.7 Å². The summed E-state index contributed by atoms with van der Waals surface area (Å²) in [6.45, 7) is 3.42. The number of para-hydroxylation sites is 1. The Morgan fingerprint density at radius 2 is 2.04 bits per heavy atom. The molecule has 1 amide bonds. The van der Waals surface area contributed by atoms with Crippen LogP contribution in [0.2, 0.25) is 0 Å². The van der Waals surface area contributed by atoms with Crippen molar-refractivity contribution in [3.8, 4) is 5.69 Å². The lowest BCUT2D eigenvalue weighted by atomic mass is 10.2. The maximum Gasteiger partial charge on any atom is 0.325 e. The van der Waals surface area contributed by atoms with Gasteiger partial charge in [0.25, 0.3) is 5.91 Å². The summed E-state index contributed by atoms with van der Waals surface area (Å²) >= 11 is 0. The number of carboxylic acids is 1. The van der Waals surface area contributed by atoms with Crippen molar-refractivity contribution in [3.05, 3.63) is 53.6 Å². The SMILES string of the molecule is CC(C)c1nc(C(=O)NCc2cn(CC(=O)O)nn2)nn1-c1ccccc1F. The molecule has 0 saturated heterocycles. The largest absolute Gasteiger partial charge is 0.480 e. The quantitative estimate of drug-likeness (QED) is 0.622. The molecule has 3 aromatic rings. The first-order valence-corrected chi connectivity index (χ1v) is 8.46. The predicted octanol–water partition coefficient (Wildman–Crippen LogP) is 1.14. The Morgan fingerprint density at radius 1 is 1.29 bits per heavy atom. The molecule has 11 heteroatoms. The van der Waals surface area contributed by atoms with E-state index in [0.29, 0.717) is 11.5 Å². The summed E-state index contributed by atoms with van der Waals surface area (Å²) in [5.74, 6) is -1.84. The molecular formula is C17H18FN7O3. The summed E-state index contributed by atoms with van der Waals surface area (Å²) in [6, 6.07) is 6.10. The number of hydrogen-bond donors (Lipinski definition) is 2. The molecule has 0 spiro atoms. The van der Waals surface area contributed by atoms with Gasteiger partial charge in [-0.1, -0.05) is 31.2 Å². The van der Waals surface area contributed by atoms with Gasteiger partial charge in [-0.15, -0.1) is 10.2 Å². The second kappa shape index (κ2) is 7.94. The van der Waals surface area contributed by atoms with E-state index in [9.17, 15) is 14.0 Å². The summed E-state index contributed by atoms with van der Waals surface area (Å²) in [4.78, 5) is 27.3. The third-order valence-corrected chi connectivity index (χ3v) is 3.75. The van der Waals surface area contributed by atoms with E-state index >= 15 is 0 Å². The minimum Gasteiger partial charge on any atom is -0.480 e. The lowest BCUT2D eigenvalue weighted by Crippen LogP contribution is -2.24. The molecule has 0 unspecified atom stereocenters. The van der Waals surface area contributed by atoms with Gasteiger partial charge in [-0.2, -0.15) is 0 Å². The number of carboxylic acid groups (broad SMARTS) is 1. The van der Waals surface area contributed by atoms with Crippen LogP contribution >= 0.6 is 0 Å². The Hall–Kier alpha value is -3.63. The molecule has 28 heavy (non-hydrogen) atoms. The molecule has 0 saturated carbocycles. The molecule has 0 aliphatic heterocycles. The number of nitrogens with zero attached hydrogens (tertiary/aromatic N) is 6. The van der Waals surface area contributed by atoms with Crippen molar-refractivity contribution in [1.29, 1.82) is 0 Å². The van der Waals surface area contributed by atoms with Crippen LogP contribution in [0, 0.1) is 5.82 Å². The third-order valence-electron chi connectivity index (χ3n) is 3.75. The molecule has 10 nitrogen and oxygen atoms in total. The van der Waals surface area contributed by atoms with Crippen LogP contribution in [0.5, 0.6) is 0 Å². The molecule has 2 N–H and O–H groups in total. The zero-order valence-electron chi connectivity index (χ0n) is 15.2. The van der Waals surface area contributed by atoms with Crippen molar-refractivity contribution in [1.82, 2.24) is 35.1 Å². The molecule has 0 bridgehead atoms. The summed E-state index contributed by atoms with van der Waals surface area (Å²) in [5, 5.41) is 22.9. The number of carbonyl (C=O) groups is 2. The number of amides is 1. The van der Waals surface area contributed by atoms with Crippen LogP contribution in [0.1, 0.15) is 41.9 Å². The highest BCUT2D eigenvalue weighted by Gasteiger charge is 2.21. The van der Waals surface area contributed by atoms with Crippen LogP contribution in [-0.2, 0) is 17.9 Å². The van der Waals surface area contributed by atoms with Gasteiger partial charge in [0, 0.05) is 5.92 Å². The van der Waals surface area contributed by atoms with Crippen LogP contribution in [0.3, 0.4) is 0 Å². The van der Waals surface area contributed by atoms with Gasteiger partial charge < -0.3 is 10.4 Å². The number of aromatic nitrogens is 6. The van der Waals surface area contributed by atoms with Gasteiger partial charge in [-0.25, -0.2) is 18.7 Å². The van der Waals surface area contributed by atoms with Crippen LogP contribution in [0.4, 0.5) is 4.39 Å². The smallest absolute Gasteiger partial charge is 0.325 e. The molecule has 0 atom stereocenters. The Morgan fingerprint density at radius 3 is 2.71 bits per heavy atom. The number of rotatable bonds is 7. The van der Waals surface area contributed by atoms with E-state index < -0.39 is 17.7 Å². The highest BCUT2D eigenvalue weighted by atomic mass is 19.1. The highest BCUT2D eigenvalue weighted by molar-refractivity contribution is 5.90. The van der Waals surface area contributed by atoms with Crippen LogP contribution in [0.25, 0.3) is 5.69 Å². The van der Waals surface area contributed by atoms with Gasteiger partial charge in [-0.05, 0) is 12.1 Å². The maximum atomic E-state index is 14.1. The van der Waals surface area contributed by atoms with Crippen molar-refractivity contribution >= 4 is 11.9 Å². The molecule has 3 rings (SSSR count). The summed E-state index contributed by atoms with van der Waals surface area (Å²) < 4.78 is 16.6. The number of carbonyl (C=O) groups excluding carboxylic acids is 1. The summed E-state index contributed by atoms with van der Waals surface area (Å²) in [5.41, 5.74) is 0.585. The van der Waals surface area contributed by atoms with Gasteiger partial charge >= 0.3 is 5.97 Å². The molecule has 0 radical (unpaired) electrons. The zero-order valence-corrected chi connectivity index (χ0v) is 15.2. The fourth-order valence-electron chi connectivity index (χ4n) is 2.48. The minimum absolute atomic E-state index is 0.0176. The first kappa shape index (κ1) is 19.1. The predicted molar refractivity (Wildman–Crippen MR) is 94.2 cm³/mol. The normalized spacial score (nSPS) is 11.0. The summed E-state index contributed by atoms with van der Waals surface area (Å²) in [7, 11) is 0. The zero-order chi connectivity index (χ0) is 20.3. The lowest BCUT2D eigenvalue weighted by molar-refractivity contribution is -0.137. The topological polar surface area (TPSA) is 128 Å². The Labute approximate surface area is 159 Å². The van der Waals surface area contributed by atoms with Crippen molar-refractivity contribution in [2.24, 2.45) is 0 Å². The fraction of sp³-hybridized carbons (Fsp3) is 0.294. The van der Waals surface area contributed by atoms with Crippen molar-refractivity contribution in [2.75, 3.05) is 0 Å². The first-order chi connectivity index (χ1) is 13.3. The fourth-order valence-corrected chi connectivity index (χ4v) is 2.48. The molecule has 0 aliphatic rings. The van der Waals surface area contributed by atoms with E-state index in [1.54, 1.807) is 18.2 Å². The molecule has 0 aliphatic carbocycles. The Kier molecular flexibility index (Phi) is 5.43. The van der Waals surface area contributed by atoms with Gasteiger partial charge in [0.2, 0.25) is 5.82 Å². The lowest BCUT2D eigenvalue weighted by Gasteiger charge is -2.08. The van der Waals surface area contributed by atoms with Crippen LogP contribution < -0.4 is 5.32 Å². The van der Waals surface area contributed by atoms with E-state index in [0.717, 1.165) is 4.68 Å². The molecule has 0 fully saturated rings. The molecule has 2 aromatic heterocycles. The average Bonchev–Trinajstić information content (AvgIpc) is 3.27. The monoisotopic (exact) mass is 387 g/mol. The highest BCUT2D eigenvalue weighted by Crippen LogP contribution is 2.19. The first-order valence-electron chi connectivity index (χ1n) is 8.46. The maximum absolute atomic E-state index is 14.1. The van der Waals surface area contributed by atoms with E-state index in [-0.39, 0.29) is 30.5 Å². The van der Waals surface area contributed by atoms with Crippen molar-refractivity contribution in [3.63, 3.8) is 0 Å². The number of nitrogens with one attached hydrogen (secondary N) is 1. The standard InChI is InChI=1S/C17H18FN7O3/c1-10(2)16-20-15(22-25(16)13-6-4-3-5-12(13)18)17(28)19-7-11-8-24(23-21-11)9-14(26)27/h3-6,8,10H,7,9H2,1-2H3,(H,19,28)(H,26,27).